The number of fused-ring (bicyclic) bond motifs is 1. The van der Waals surface area contributed by atoms with E-state index >= 15 is 0 Å². The SMILES string of the molecule is CCOC(=O)C1CCN(S(=O)(=O)c2ccc(C(=O)Nc3sc4c(c3C#N)CCN(C(=O)OCC)C4)cc2)CC1. The number of carbonyl (C=O) groups is 3. The predicted molar refractivity (Wildman–Crippen MR) is 143 cm³/mol. The van der Waals surface area contributed by atoms with Gasteiger partial charge in [-0.3, -0.25) is 9.59 Å². The fraction of sp³-hybridized carbons (Fsp3) is 0.462. The van der Waals surface area contributed by atoms with E-state index in [9.17, 15) is 28.1 Å². The molecule has 2 amide bonds. The number of nitrogens with zero attached hydrogens (tertiary/aromatic N) is 3. The van der Waals surface area contributed by atoms with Crippen LogP contribution < -0.4 is 5.32 Å². The zero-order valence-electron chi connectivity index (χ0n) is 21.8. The number of ether oxygens (including phenoxy) is 2. The Balaban J connectivity index is 1.42. The third-order valence-corrected chi connectivity index (χ3v) is 9.79. The van der Waals surface area contributed by atoms with Gasteiger partial charge in [0.25, 0.3) is 5.91 Å². The number of hydrogen-bond donors (Lipinski definition) is 1. The summed E-state index contributed by atoms with van der Waals surface area (Å²) in [5.41, 5.74) is 1.42. The van der Waals surface area contributed by atoms with Crippen LogP contribution in [0.1, 0.15) is 53.1 Å². The van der Waals surface area contributed by atoms with Gasteiger partial charge in [0.05, 0.1) is 36.1 Å². The van der Waals surface area contributed by atoms with Crippen LogP contribution in [0.15, 0.2) is 29.2 Å². The number of anilines is 1. The maximum atomic E-state index is 13.1. The topological polar surface area (TPSA) is 146 Å². The van der Waals surface area contributed by atoms with E-state index in [0.29, 0.717) is 42.9 Å². The zero-order valence-corrected chi connectivity index (χ0v) is 23.4. The lowest BCUT2D eigenvalue weighted by molar-refractivity contribution is -0.149. The van der Waals surface area contributed by atoms with Gasteiger partial charge in [-0.15, -0.1) is 11.3 Å². The van der Waals surface area contributed by atoms with E-state index in [1.54, 1.807) is 18.7 Å². The Kier molecular flexibility index (Phi) is 8.89. The minimum Gasteiger partial charge on any atom is -0.466 e. The van der Waals surface area contributed by atoms with Crippen LogP contribution in [0, 0.1) is 17.2 Å². The number of nitriles is 1. The summed E-state index contributed by atoms with van der Waals surface area (Å²) < 4.78 is 37.7. The molecule has 1 aromatic heterocycles. The predicted octanol–water partition coefficient (Wildman–Crippen LogP) is 3.35. The molecule has 3 heterocycles. The standard InChI is InChI=1S/C26H30N4O7S2/c1-3-36-25(32)18-9-13-30(14-10-18)39(34,35)19-7-5-17(6-8-19)23(31)28-24-21(15-27)20-11-12-29(16-22(20)38-24)26(33)37-4-2/h5-8,18H,3-4,9-14,16H2,1-2H3,(H,28,31). The quantitative estimate of drug-likeness (QED) is 0.496. The number of nitrogens with one attached hydrogen (secondary N) is 1. The summed E-state index contributed by atoms with van der Waals surface area (Å²) in [6.07, 6.45) is 0.844. The maximum Gasteiger partial charge on any atom is 0.410 e. The third kappa shape index (κ3) is 6.08. The Hall–Kier alpha value is -3.47. The highest BCUT2D eigenvalue weighted by Gasteiger charge is 2.33. The molecule has 2 aromatic rings. The van der Waals surface area contributed by atoms with Gasteiger partial charge in [-0.2, -0.15) is 9.57 Å². The first-order chi connectivity index (χ1) is 18.7. The van der Waals surface area contributed by atoms with Gasteiger partial charge in [0.2, 0.25) is 10.0 Å². The molecule has 1 fully saturated rings. The molecule has 0 spiro atoms. The average Bonchev–Trinajstić information content (AvgIpc) is 3.29. The van der Waals surface area contributed by atoms with E-state index in [2.05, 4.69) is 11.4 Å². The summed E-state index contributed by atoms with van der Waals surface area (Å²) in [5.74, 6) is -1.09. The molecule has 11 nitrogen and oxygen atoms in total. The van der Waals surface area contributed by atoms with Crippen LogP contribution in [-0.4, -0.2) is 68.4 Å². The summed E-state index contributed by atoms with van der Waals surface area (Å²) >= 11 is 1.24. The fourth-order valence-electron chi connectivity index (χ4n) is 4.68. The minimum atomic E-state index is -3.79. The van der Waals surface area contributed by atoms with E-state index in [0.717, 1.165) is 10.4 Å². The highest BCUT2D eigenvalue weighted by molar-refractivity contribution is 7.89. The number of thiophene rings is 1. The van der Waals surface area contributed by atoms with Crippen LogP contribution in [0.25, 0.3) is 0 Å². The monoisotopic (exact) mass is 574 g/mol. The summed E-state index contributed by atoms with van der Waals surface area (Å²) in [7, 11) is -3.79. The summed E-state index contributed by atoms with van der Waals surface area (Å²) in [4.78, 5) is 39.5. The van der Waals surface area contributed by atoms with Crippen molar-refractivity contribution in [3.8, 4) is 6.07 Å². The van der Waals surface area contributed by atoms with E-state index in [1.807, 2.05) is 0 Å². The molecule has 0 radical (unpaired) electrons. The molecule has 0 bridgehead atoms. The first-order valence-electron chi connectivity index (χ1n) is 12.7. The number of benzene rings is 1. The number of sulfonamides is 1. The molecule has 13 heteroatoms. The minimum absolute atomic E-state index is 0.0528. The van der Waals surface area contributed by atoms with E-state index in [1.165, 1.54) is 39.9 Å². The summed E-state index contributed by atoms with van der Waals surface area (Å²) in [6, 6.07) is 7.77. The van der Waals surface area contributed by atoms with E-state index < -0.39 is 22.0 Å². The van der Waals surface area contributed by atoms with E-state index in [4.69, 9.17) is 9.47 Å². The van der Waals surface area contributed by atoms with E-state index in [-0.39, 0.29) is 48.6 Å². The first-order valence-corrected chi connectivity index (χ1v) is 15.0. The molecule has 208 valence electrons. The molecular formula is C26H30N4O7S2. The molecule has 1 aromatic carbocycles. The van der Waals surface area contributed by atoms with Crippen LogP contribution in [0.2, 0.25) is 0 Å². The maximum absolute atomic E-state index is 13.1. The van der Waals surface area contributed by atoms with Crippen LogP contribution in [0.4, 0.5) is 9.80 Å². The molecule has 39 heavy (non-hydrogen) atoms. The normalized spacial score (nSPS) is 16.2. The number of amides is 2. The lowest BCUT2D eigenvalue weighted by Gasteiger charge is -2.30. The second kappa shape index (κ2) is 12.1. The Morgan fingerprint density at radius 1 is 1.08 bits per heavy atom. The average molecular weight is 575 g/mol. The Morgan fingerprint density at radius 3 is 2.36 bits per heavy atom. The Morgan fingerprint density at radius 2 is 1.74 bits per heavy atom. The van der Waals surface area contributed by atoms with Gasteiger partial charge in [-0.1, -0.05) is 0 Å². The summed E-state index contributed by atoms with van der Waals surface area (Å²) in [5, 5.41) is 12.9. The first kappa shape index (κ1) is 28.5. The highest BCUT2D eigenvalue weighted by atomic mass is 32.2. The molecule has 1 N–H and O–H groups in total. The lowest BCUT2D eigenvalue weighted by atomic mass is 9.98. The van der Waals surface area contributed by atoms with Crippen molar-refractivity contribution in [1.82, 2.24) is 9.21 Å². The van der Waals surface area contributed by atoms with Crippen LogP contribution in [0.5, 0.6) is 0 Å². The summed E-state index contributed by atoms with van der Waals surface area (Å²) in [6.45, 7) is 5.16. The van der Waals surface area contributed by atoms with Gasteiger partial charge < -0.3 is 19.7 Å². The van der Waals surface area contributed by atoms with Crippen molar-refractivity contribution in [2.45, 2.75) is 44.6 Å². The second-order valence-corrected chi connectivity index (χ2v) is 12.1. The molecule has 0 aliphatic carbocycles. The molecule has 1 saturated heterocycles. The number of carbonyl (C=O) groups excluding carboxylic acids is 3. The van der Waals surface area contributed by atoms with Gasteiger partial charge in [0, 0.05) is 30.1 Å². The largest absolute Gasteiger partial charge is 0.466 e. The van der Waals surface area contributed by atoms with Crippen LogP contribution in [0.3, 0.4) is 0 Å². The molecule has 2 aliphatic rings. The number of esters is 1. The number of rotatable bonds is 7. The van der Waals surface area contributed by atoms with Gasteiger partial charge in [0.15, 0.2) is 0 Å². The van der Waals surface area contributed by atoms with Crippen molar-refractivity contribution in [1.29, 1.82) is 5.26 Å². The Labute approximate surface area is 231 Å². The Bertz CT molecular complexity index is 1390. The van der Waals surface area contributed by atoms with Crippen molar-refractivity contribution in [2.24, 2.45) is 5.92 Å². The highest BCUT2D eigenvalue weighted by Crippen LogP contribution is 2.37. The van der Waals surface area contributed by atoms with Crippen LogP contribution >= 0.6 is 11.3 Å². The second-order valence-electron chi connectivity index (χ2n) is 9.10. The van der Waals surface area contributed by atoms with Crippen molar-refractivity contribution >= 4 is 44.3 Å². The zero-order chi connectivity index (χ0) is 28.2. The molecular weight excluding hydrogens is 544 g/mol. The van der Waals surface area contributed by atoms with Crippen molar-refractivity contribution in [2.75, 3.05) is 38.2 Å². The van der Waals surface area contributed by atoms with Crippen molar-refractivity contribution in [3.63, 3.8) is 0 Å². The number of hydrogen-bond acceptors (Lipinski definition) is 9. The van der Waals surface area contributed by atoms with Crippen molar-refractivity contribution in [3.05, 3.63) is 45.8 Å². The molecule has 0 atom stereocenters. The van der Waals surface area contributed by atoms with Gasteiger partial charge in [0.1, 0.15) is 11.1 Å². The van der Waals surface area contributed by atoms with Crippen molar-refractivity contribution < 1.29 is 32.3 Å². The number of piperidine rings is 1. The fourth-order valence-corrected chi connectivity index (χ4v) is 7.35. The molecule has 0 saturated carbocycles. The van der Waals surface area contributed by atoms with Gasteiger partial charge >= 0.3 is 12.1 Å². The van der Waals surface area contributed by atoms with Crippen LogP contribution in [-0.2, 0) is 37.3 Å². The molecule has 4 rings (SSSR count). The third-order valence-electron chi connectivity index (χ3n) is 6.75. The smallest absolute Gasteiger partial charge is 0.410 e. The van der Waals surface area contributed by atoms with Gasteiger partial charge in [-0.25, -0.2) is 13.2 Å². The molecule has 2 aliphatic heterocycles. The van der Waals surface area contributed by atoms with Gasteiger partial charge in [-0.05, 0) is 62.9 Å². The molecule has 0 unspecified atom stereocenters. The lowest BCUT2D eigenvalue weighted by Crippen LogP contribution is -2.40.